The van der Waals surface area contributed by atoms with Crippen molar-refractivity contribution in [3.63, 3.8) is 0 Å². The third-order valence-corrected chi connectivity index (χ3v) is 3.57. The van der Waals surface area contributed by atoms with Crippen molar-refractivity contribution in [3.05, 3.63) is 53.2 Å². The van der Waals surface area contributed by atoms with Crippen LogP contribution in [0, 0.1) is 12.7 Å². The number of halogens is 1. The van der Waals surface area contributed by atoms with Gasteiger partial charge in [0.2, 0.25) is 5.76 Å². The molecule has 0 aliphatic carbocycles. The minimum atomic E-state index is -0.476. The van der Waals surface area contributed by atoms with Crippen molar-refractivity contribution >= 4 is 17.7 Å². The maximum Gasteiger partial charge on any atom is 0.374 e. The number of aryl methyl sites for hydroxylation is 1. The Morgan fingerprint density at radius 1 is 1.37 bits per heavy atom. The van der Waals surface area contributed by atoms with Gasteiger partial charge in [-0.15, -0.1) is 11.8 Å². The third kappa shape index (κ3) is 3.38. The van der Waals surface area contributed by atoms with Crippen LogP contribution in [0.15, 0.2) is 39.6 Å². The number of methoxy groups -OCH3 is 1. The Labute approximate surface area is 114 Å². The smallest absolute Gasteiger partial charge is 0.374 e. The van der Waals surface area contributed by atoms with Crippen LogP contribution >= 0.6 is 11.8 Å². The normalized spacial score (nSPS) is 10.5. The molecule has 0 bridgehead atoms. The molecule has 0 saturated heterocycles. The van der Waals surface area contributed by atoms with E-state index in [4.69, 9.17) is 4.42 Å². The zero-order valence-electron chi connectivity index (χ0n) is 10.6. The van der Waals surface area contributed by atoms with E-state index in [1.54, 1.807) is 19.1 Å². The highest BCUT2D eigenvalue weighted by molar-refractivity contribution is 7.98. The fourth-order valence-electron chi connectivity index (χ4n) is 1.60. The molecule has 1 heterocycles. The molecule has 0 unspecified atom stereocenters. The molecule has 0 aliphatic rings. The summed E-state index contributed by atoms with van der Waals surface area (Å²) in [6.07, 6.45) is 0. The van der Waals surface area contributed by atoms with Gasteiger partial charge in [0.05, 0.1) is 12.9 Å². The first kappa shape index (κ1) is 13.7. The van der Waals surface area contributed by atoms with E-state index in [9.17, 15) is 9.18 Å². The first-order valence-corrected chi connectivity index (χ1v) is 6.64. The fourth-order valence-corrected chi connectivity index (χ4v) is 2.38. The van der Waals surface area contributed by atoms with E-state index >= 15 is 0 Å². The zero-order chi connectivity index (χ0) is 13.8. The van der Waals surface area contributed by atoms with Gasteiger partial charge in [0.15, 0.2) is 0 Å². The topological polar surface area (TPSA) is 39.4 Å². The van der Waals surface area contributed by atoms with Gasteiger partial charge in [0, 0.05) is 10.5 Å². The zero-order valence-corrected chi connectivity index (χ0v) is 11.4. The predicted octanol–water partition coefficient (Wildman–Crippen LogP) is 3.81. The largest absolute Gasteiger partial charge is 0.463 e. The number of esters is 1. The van der Waals surface area contributed by atoms with Gasteiger partial charge in [0.1, 0.15) is 11.6 Å². The second-order valence-corrected chi connectivity index (χ2v) is 5.01. The van der Waals surface area contributed by atoms with Crippen LogP contribution in [-0.2, 0) is 10.5 Å². The Morgan fingerprint density at radius 3 is 2.68 bits per heavy atom. The van der Waals surface area contributed by atoms with Crippen LogP contribution in [0.4, 0.5) is 4.39 Å². The first-order valence-electron chi connectivity index (χ1n) is 5.66. The molecule has 2 rings (SSSR count). The monoisotopic (exact) mass is 280 g/mol. The van der Waals surface area contributed by atoms with Crippen molar-refractivity contribution in [2.75, 3.05) is 7.11 Å². The highest BCUT2D eigenvalue weighted by atomic mass is 32.2. The molecule has 1 aromatic carbocycles. The molecule has 3 nitrogen and oxygen atoms in total. The maximum absolute atomic E-state index is 12.8. The molecule has 0 atom stereocenters. The lowest BCUT2D eigenvalue weighted by Gasteiger charge is -1.99. The van der Waals surface area contributed by atoms with Gasteiger partial charge in [-0.2, -0.15) is 0 Å². The molecule has 19 heavy (non-hydrogen) atoms. The summed E-state index contributed by atoms with van der Waals surface area (Å²) in [5.74, 6) is 0.759. The van der Waals surface area contributed by atoms with E-state index < -0.39 is 5.97 Å². The van der Waals surface area contributed by atoms with Crippen LogP contribution < -0.4 is 0 Å². The van der Waals surface area contributed by atoms with E-state index in [1.165, 1.54) is 31.0 Å². The highest BCUT2D eigenvalue weighted by Crippen LogP contribution is 2.25. The van der Waals surface area contributed by atoms with E-state index in [1.807, 2.05) is 6.07 Å². The Bertz CT molecular complexity index is 575. The van der Waals surface area contributed by atoms with Gasteiger partial charge < -0.3 is 9.15 Å². The van der Waals surface area contributed by atoms with Gasteiger partial charge >= 0.3 is 5.97 Å². The molecule has 0 radical (unpaired) electrons. The fraction of sp³-hybridized carbons (Fsp3) is 0.214. The number of benzene rings is 1. The number of rotatable bonds is 4. The van der Waals surface area contributed by atoms with Crippen LogP contribution in [0.5, 0.6) is 0 Å². The van der Waals surface area contributed by atoms with Gasteiger partial charge in [0.25, 0.3) is 0 Å². The summed E-state index contributed by atoms with van der Waals surface area (Å²) >= 11 is 1.51. The number of hydrogen-bond acceptors (Lipinski definition) is 4. The van der Waals surface area contributed by atoms with Crippen LogP contribution in [0.1, 0.15) is 21.9 Å². The lowest BCUT2D eigenvalue weighted by atomic mass is 10.3. The summed E-state index contributed by atoms with van der Waals surface area (Å²) in [6, 6.07) is 8.04. The Balaban J connectivity index is 2.04. The first-order chi connectivity index (χ1) is 9.10. The quantitative estimate of drug-likeness (QED) is 0.630. The van der Waals surface area contributed by atoms with Gasteiger partial charge in [-0.05, 0) is 37.3 Å². The lowest BCUT2D eigenvalue weighted by molar-refractivity contribution is 0.0562. The van der Waals surface area contributed by atoms with Crippen molar-refractivity contribution in [3.8, 4) is 0 Å². The van der Waals surface area contributed by atoms with E-state index in [0.29, 0.717) is 11.5 Å². The number of ether oxygens (including phenoxy) is 1. The molecular weight excluding hydrogens is 267 g/mol. The molecule has 1 aromatic heterocycles. The van der Waals surface area contributed by atoms with Crippen LogP contribution in [0.3, 0.4) is 0 Å². The summed E-state index contributed by atoms with van der Waals surface area (Å²) in [6.45, 7) is 1.79. The second kappa shape index (κ2) is 5.93. The Morgan fingerprint density at radius 2 is 2.05 bits per heavy atom. The van der Waals surface area contributed by atoms with Crippen molar-refractivity contribution in [1.82, 2.24) is 0 Å². The van der Waals surface area contributed by atoms with E-state index in [0.717, 1.165) is 10.5 Å². The number of thioether (sulfide) groups is 1. The molecule has 0 N–H and O–H groups in total. The summed E-state index contributed by atoms with van der Waals surface area (Å²) in [5, 5.41) is 0. The van der Waals surface area contributed by atoms with Gasteiger partial charge in [-0.3, -0.25) is 0 Å². The number of carbonyl (C=O) groups excluding carboxylic acids is 1. The highest BCUT2D eigenvalue weighted by Gasteiger charge is 2.15. The molecular formula is C14H13FO3S. The Hall–Kier alpha value is -1.75. The van der Waals surface area contributed by atoms with Gasteiger partial charge in [-0.25, -0.2) is 9.18 Å². The predicted molar refractivity (Wildman–Crippen MR) is 70.7 cm³/mol. The summed E-state index contributed by atoms with van der Waals surface area (Å²) in [4.78, 5) is 12.3. The average Bonchev–Trinajstić information content (AvgIpc) is 2.78. The molecule has 2 aromatic rings. The van der Waals surface area contributed by atoms with Crippen molar-refractivity contribution in [2.24, 2.45) is 0 Å². The minimum Gasteiger partial charge on any atom is -0.463 e. The van der Waals surface area contributed by atoms with Crippen LogP contribution in [-0.4, -0.2) is 13.1 Å². The second-order valence-electron chi connectivity index (χ2n) is 3.96. The minimum absolute atomic E-state index is 0.234. The van der Waals surface area contributed by atoms with Crippen LogP contribution in [0.25, 0.3) is 0 Å². The molecule has 100 valence electrons. The molecule has 0 amide bonds. The lowest BCUT2D eigenvalue weighted by Crippen LogP contribution is -2.00. The van der Waals surface area contributed by atoms with E-state index in [-0.39, 0.29) is 11.6 Å². The number of hydrogen-bond donors (Lipinski definition) is 0. The van der Waals surface area contributed by atoms with Gasteiger partial charge in [-0.1, -0.05) is 0 Å². The third-order valence-electron chi connectivity index (χ3n) is 2.53. The Kier molecular flexibility index (Phi) is 4.27. The van der Waals surface area contributed by atoms with Crippen LogP contribution in [0.2, 0.25) is 0 Å². The SMILES string of the molecule is COC(=O)c1oc(CSc2ccc(F)cc2)cc1C. The van der Waals surface area contributed by atoms with Crippen molar-refractivity contribution < 1.29 is 18.3 Å². The van der Waals surface area contributed by atoms with E-state index in [2.05, 4.69) is 4.74 Å². The van der Waals surface area contributed by atoms with Crippen molar-refractivity contribution in [1.29, 1.82) is 0 Å². The number of furan rings is 1. The summed E-state index contributed by atoms with van der Waals surface area (Å²) < 4.78 is 22.8. The molecule has 0 aliphatic heterocycles. The molecule has 0 fully saturated rings. The molecule has 5 heteroatoms. The van der Waals surface area contributed by atoms with Crippen molar-refractivity contribution in [2.45, 2.75) is 17.6 Å². The average molecular weight is 280 g/mol. The summed E-state index contributed by atoms with van der Waals surface area (Å²) in [5.41, 5.74) is 0.751. The summed E-state index contributed by atoms with van der Waals surface area (Å²) in [7, 11) is 1.32. The standard InChI is InChI=1S/C14H13FO3S/c1-9-7-11(18-13(9)14(16)17-2)8-19-12-5-3-10(15)4-6-12/h3-7H,8H2,1-2H3. The molecule has 0 spiro atoms. The maximum atomic E-state index is 12.8. The molecule has 0 saturated carbocycles. The number of carbonyl (C=O) groups is 1.